The molecule has 1 aromatic heterocycles. The third-order valence-corrected chi connectivity index (χ3v) is 5.94. The maximum Gasteiger partial charge on any atom is 0.416 e. The molecule has 3 aromatic rings. The van der Waals surface area contributed by atoms with Crippen LogP contribution < -0.4 is 0 Å². The van der Waals surface area contributed by atoms with Crippen molar-refractivity contribution in [2.24, 2.45) is 0 Å². The van der Waals surface area contributed by atoms with Crippen LogP contribution in [0.3, 0.4) is 0 Å². The minimum absolute atomic E-state index is 0.00382. The Hall–Kier alpha value is -1.80. The van der Waals surface area contributed by atoms with Gasteiger partial charge in [-0.05, 0) is 35.9 Å². The Bertz CT molecular complexity index is 995. The zero-order valence-corrected chi connectivity index (χ0v) is 14.5. The molecule has 3 nitrogen and oxygen atoms in total. The Kier molecular flexibility index (Phi) is 4.21. The SMILES string of the molecule is O=S(=O)(c1ccccc1)n1ccc2cc(CBr)c(C(F)(F)F)cc21. The summed E-state index contributed by atoms with van der Waals surface area (Å²) in [4.78, 5) is 0.0145. The van der Waals surface area contributed by atoms with Crippen LogP contribution in [-0.2, 0) is 21.5 Å². The number of hydrogen-bond donors (Lipinski definition) is 0. The van der Waals surface area contributed by atoms with Gasteiger partial charge in [0.1, 0.15) is 0 Å². The number of aromatic nitrogens is 1. The highest BCUT2D eigenvalue weighted by molar-refractivity contribution is 9.08. The third-order valence-electron chi connectivity index (χ3n) is 3.63. The Morgan fingerprint density at radius 3 is 2.29 bits per heavy atom. The van der Waals surface area contributed by atoms with Crippen molar-refractivity contribution < 1.29 is 21.6 Å². The van der Waals surface area contributed by atoms with E-state index < -0.39 is 21.8 Å². The second-order valence-electron chi connectivity index (χ2n) is 5.13. The van der Waals surface area contributed by atoms with Crippen molar-refractivity contribution in [3.05, 3.63) is 65.9 Å². The van der Waals surface area contributed by atoms with Crippen LogP contribution in [0.25, 0.3) is 10.9 Å². The van der Waals surface area contributed by atoms with Crippen molar-refractivity contribution in [1.29, 1.82) is 0 Å². The summed E-state index contributed by atoms with van der Waals surface area (Å²) in [5.74, 6) is 0. The van der Waals surface area contributed by atoms with E-state index >= 15 is 0 Å². The summed E-state index contributed by atoms with van der Waals surface area (Å²) in [6.07, 6.45) is -3.30. The van der Waals surface area contributed by atoms with E-state index in [2.05, 4.69) is 15.9 Å². The molecule has 1 heterocycles. The van der Waals surface area contributed by atoms with E-state index in [4.69, 9.17) is 0 Å². The molecule has 0 radical (unpaired) electrons. The van der Waals surface area contributed by atoms with Gasteiger partial charge in [-0.1, -0.05) is 34.1 Å². The highest BCUT2D eigenvalue weighted by Gasteiger charge is 2.34. The van der Waals surface area contributed by atoms with Gasteiger partial charge in [-0.3, -0.25) is 0 Å². The molecule has 0 atom stereocenters. The summed E-state index contributed by atoms with van der Waals surface area (Å²) in [6, 6.07) is 11.3. The molecule has 2 aromatic carbocycles. The first kappa shape index (κ1) is 17.0. The van der Waals surface area contributed by atoms with Crippen LogP contribution in [0.4, 0.5) is 13.2 Å². The van der Waals surface area contributed by atoms with Crippen molar-refractivity contribution in [3.63, 3.8) is 0 Å². The lowest BCUT2D eigenvalue weighted by molar-refractivity contribution is -0.138. The zero-order chi connectivity index (χ0) is 17.5. The Balaban J connectivity index is 2.28. The van der Waals surface area contributed by atoms with Gasteiger partial charge in [-0.25, -0.2) is 12.4 Å². The van der Waals surface area contributed by atoms with Crippen LogP contribution in [0.5, 0.6) is 0 Å². The van der Waals surface area contributed by atoms with E-state index in [9.17, 15) is 21.6 Å². The molecule has 0 aliphatic heterocycles. The van der Waals surface area contributed by atoms with Gasteiger partial charge < -0.3 is 0 Å². The van der Waals surface area contributed by atoms with E-state index in [1.165, 1.54) is 30.5 Å². The van der Waals surface area contributed by atoms with Crippen LogP contribution in [-0.4, -0.2) is 12.4 Å². The maximum atomic E-state index is 13.2. The predicted octanol–water partition coefficient (Wildman–Crippen LogP) is 4.79. The molecular weight excluding hydrogens is 407 g/mol. The molecule has 0 unspecified atom stereocenters. The summed E-state index contributed by atoms with van der Waals surface area (Å²) < 4.78 is 66.0. The Labute approximate surface area is 144 Å². The van der Waals surface area contributed by atoms with E-state index in [1.807, 2.05) is 0 Å². The first-order valence-electron chi connectivity index (χ1n) is 6.83. The second kappa shape index (κ2) is 5.93. The van der Waals surface area contributed by atoms with E-state index in [0.29, 0.717) is 5.39 Å². The van der Waals surface area contributed by atoms with Crippen molar-refractivity contribution in [1.82, 2.24) is 3.97 Å². The largest absolute Gasteiger partial charge is 0.416 e. The highest BCUT2D eigenvalue weighted by atomic mass is 79.9. The van der Waals surface area contributed by atoms with Gasteiger partial charge >= 0.3 is 6.18 Å². The van der Waals surface area contributed by atoms with Gasteiger partial charge in [-0.15, -0.1) is 0 Å². The second-order valence-corrected chi connectivity index (χ2v) is 7.50. The zero-order valence-electron chi connectivity index (χ0n) is 12.1. The molecule has 0 aliphatic rings. The first-order chi connectivity index (χ1) is 11.2. The highest BCUT2D eigenvalue weighted by Crippen LogP contribution is 2.36. The molecule has 0 fully saturated rings. The normalized spacial score (nSPS) is 12.7. The number of fused-ring (bicyclic) bond motifs is 1. The van der Waals surface area contributed by atoms with E-state index in [-0.39, 0.29) is 21.3 Å². The fourth-order valence-electron chi connectivity index (χ4n) is 2.49. The van der Waals surface area contributed by atoms with E-state index in [0.717, 1.165) is 10.0 Å². The predicted molar refractivity (Wildman–Crippen MR) is 88.6 cm³/mol. The van der Waals surface area contributed by atoms with Crippen molar-refractivity contribution in [2.45, 2.75) is 16.4 Å². The number of nitrogens with zero attached hydrogens (tertiary/aromatic N) is 1. The van der Waals surface area contributed by atoms with Crippen LogP contribution in [0.15, 0.2) is 59.6 Å². The van der Waals surface area contributed by atoms with Gasteiger partial charge in [0, 0.05) is 16.9 Å². The lowest BCUT2D eigenvalue weighted by Gasteiger charge is -2.13. The average molecular weight is 418 g/mol. The van der Waals surface area contributed by atoms with Crippen molar-refractivity contribution in [3.8, 4) is 0 Å². The van der Waals surface area contributed by atoms with E-state index in [1.54, 1.807) is 18.2 Å². The van der Waals surface area contributed by atoms with Crippen LogP contribution in [0.1, 0.15) is 11.1 Å². The number of benzene rings is 2. The maximum absolute atomic E-state index is 13.2. The summed E-state index contributed by atoms with van der Waals surface area (Å²) in [5, 5.41) is 0.450. The van der Waals surface area contributed by atoms with Crippen molar-refractivity contribution >= 4 is 36.9 Å². The molecular formula is C16H11BrF3NO2S. The number of alkyl halides is 4. The molecule has 8 heteroatoms. The Morgan fingerprint density at radius 2 is 1.71 bits per heavy atom. The molecule has 0 aliphatic carbocycles. The number of rotatable bonds is 3. The molecule has 0 saturated carbocycles. The lowest BCUT2D eigenvalue weighted by Crippen LogP contribution is -2.13. The smallest absolute Gasteiger partial charge is 0.241 e. The minimum Gasteiger partial charge on any atom is -0.241 e. The average Bonchev–Trinajstić information content (AvgIpc) is 2.97. The van der Waals surface area contributed by atoms with Crippen LogP contribution in [0, 0.1) is 0 Å². The minimum atomic E-state index is -4.57. The van der Waals surface area contributed by atoms with Gasteiger partial charge in [-0.2, -0.15) is 13.2 Å². The first-order valence-corrected chi connectivity index (χ1v) is 9.39. The summed E-state index contributed by atoms with van der Waals surface area (Å²) in [6.45, 7) is 0. The standard InChI is InChI=1S/C16H11BrF3NO2S/c17-10-12-8-11-6-7-21(15(11)9-14(12)16(18,19)20)24(22,23)13-4-2-1-3-5-13/h1-9H,10H2. The monoisotopic (exact) mass is 417 g/mol. The van der Waals surface area contributed by atoms with Gasteiger partial charge in [0.2, 0.25) is 0 Å². The molecule has 126 valence electrons. The molecule has 0 spiro atoms. The molecule has 0 saturated heterocycles. The van der Waals surface area contributed by atoms with Crippen LogP contribution >= 0.6 is 15.9 Å². The fraction of sp³-hybridized carbons (Fsp3) is 0.125. The molecule has 0 bridgehead atoms. The molecule has 3 rings (SSSR count). The van der Waals surface area contributed by atoms with Gasteiger partial charge in [0.25, 0.3) is 10.0 Å². The number of hydrogen-bond acceptors (Lipinski definition) is 2. The van der Waals surface area contributed by atoms with Crippen LogP contribution in [0.2, 0.25) is 0 Å². The summed E-state index contributed by atoms with van der Waals surface area (Å²) in [7, 11) is -3.97. The topological polar surface area (TPSA) is 39.1 Å². The van der Waals surface area contributed by atoms with Gasteiger partial charge in [0.05, 0.1) is 16.0 Å². The number of halogens is 4. The quantitative estimate of drug-likeness (QED) is 0.574. The molecule has 0 amide bonds. The Morgan fingerprint density at radius 1 is 1.04 bits per heavy atom. The summed E-state index contributed by atoms with van der Waals surface area (Å²) in [5.41, 5.74) is -0.796. The lowest BCUT2D eigenvalue weighted by atomic mass is 10.1. The fourth-order valence-corrected chi connectivity index (χ4v) is 4.33. The van der Waals surface area contributed by atoms with Crippen molar-refractivity contribution in [2.75, 3.05) is 0 Å². The third kappa shape index (κ3) is 2.84. The van der Waals surface area contributed by atoms with Gasteiger partial charge in [0.15, 0.2) is 0 Å². The summed E-state index contributed by atoms with van der Waals surface area (Å²) >= 11 is 3.04. The molecule has 0 N–H and O–H groups in total. The molecule has 24 heavy (non-hydrogen) atoms.